The number of carbonyl (C=O) groups is 2. The van der Waals surface area contributed by atoms with E-state index in [1.165, 1.54) is 10.0 Å². The number of hydrogen-bond acceptors (Lipinski definition) is 4. The largest absolute Gasteiger partial charge is 0.445 e. The van der Waals surface area contributed by atoms with E-state index >= 15 is 0 Å². The first-order valence-corrected chi connectivity index (χ1v) is 8.15. The molecule has 0 aromatic rings. The van der Waals surface area contributed by atoms with Crippen molar-refractivity contribution in [1.82, 2.24) is 10.0 Å². The minimum Gasteiger partial charge on any atom is -0.445 e. The van der Waals surface area contributed by atoms with Crippen LogP contribution in [-0.2, 0) is 9.47 Å². The van der Waals surface area contributed by atoms with Crippen molar-refractivity contribution in [2.45, 2.75) is 85.1 Å². The van der Waals surface area contributed by atoms with Crippen LogP contribution in [-0.4, -0.2) is 45.5 Å². The number of fused-ring (bicyclic) bond motifs is 2. The lowest BCUT2D eigenvalue weighted by atomic mass is 9.92. The molecule has 0 aromatic heterocycles. The molecule has 1 aliphatic carbocycles. The van der Waals surface area contributed by atoms with Crippen molar-refractivity contribution in [1.29, 1.82) is 0 Å². The summed E-state index contributed by atoms with van der Waals surface area (Å²) in [6.07, 6.45) is -0.895. The van der Waals surface area contributed by atoms with Gasteiger partial charge in [0, 0.05) is 6.42 Å². The molecule has 0 N–H and O–H groups in total. The SMILES string of the molecule is CC1=C(C)C2(C)CC1(C)N(C(=O)OC(C)C)N2C(=O)OC(C)C. The molecule has 23 heavy (non-hydrogen) atoms. The molecule has 6 heteroatoms. The molecule has 0 radical (unpaired) electrons. The fourth-order valence-electron chi connectivity index (χ4n) is 3.72. The third-order valence-corrected chi connectivity index (χ3v) is 5.02. The predicted octanol–water partition coefficient (Wildman–Crippen LogP) is 3.87. The van der Waals surface area contributed by atoms with Crippen molar-refractivity contribution in [2.24, 2.45) is 0 Å². The summed E-state index contributed by atoms with van der Waals surface area (Å²) in [7, 11) is 0. The van der Waals surface area contributed by atoms with Crippen LogP contribution in [0.25, 0.3) is 0 Å². The van der Waals surface area contributed by atoms with E-state index in [2.05, 4.69) is 0 Å². The van der Waals surface area contributed by atoms with Gasteiger partial charge >= 0.3 is 12.2 Å². The third-order valence-electron chi connectivity index (χ3n) is 5.02. The number of amides is 2. The molecule has 2 amide bonds. The Hall–Kier alpha value is -1.72. The van der Waals surface area contributed by atoms with Crippen molar-refractivity contribution < 1.29 is 19.1 Å². The summed E-state index contributed by atoms with van der Waals surface area (Å²) in [6, 6.07) is 0. The Labute approximate surface area is 138 Å². The van der Waals surface area contributed by atoms with Crippen LogP contribution < -0.4 is 0 Å². The zero-order valence-electron chi connectivity index (χ0n) is 15.4. The average molecular weight is 324 g/mol. The van der Waals surface area contributed by atoms with E-state index in [4.69, 9.17) is 9.47 Å². The number of hydrogen-bond donors (Lipinski definition) is 0. The lowest BCUT2D eigenvalue weighted by Gasteiger charge is -2.45. The van der Waals surface area contributed by atoms with Gasteiger partial charge in [-0.15, -0.1) is 0 Å². The van der Waals surface area contributed by atoms with Gasteiger partial charge in [-0.2, -0.15) is 0 Å². The van der Waals surface area contributed by atoms with Crippen LogP contribution in [0, 0.1) is 0 Å². The first-order chi connectivity index (χ1) is 10.4. The minimum atomic E-state index is -0.569. The number of nitrogens with zero attached hydrogens (tertiary/aromatic N) is 2. The minimum absolute atomic E-state index is 0.258. The van der Waals surface area contributed by atoms with Gasteiger partial charge in [-0.25, -0.2) is 19.6 Å². The van der Waals surface area contributed by atoms with Crippen LogP contribution in [0.15, 0.2) is 11.1 Å². The van der Waals surface area contributed by atoms with Gasteiger partial charge in [0.1, 0.15) is 0 Å². The van der Waals surface area contributed by atoms with Gasteiger partial charge in [-0.3, -0.25) is 0 Å². The number of carbonyl (C=O) groups excluding carboxylic acids is 2. The highest BCUT2D eigenvalue weighted by atomic mass is 16.6. The molecule has 0 aromatic carbocycles. The maximum absolute atomic E-state index is 12.7. The van der Waals surface area contributed by atoms with Gasteiger partial charge in [0.15, 0.2) is 0 Å². The summed E-state index contributed by atoms with van der Waals surface area (Å²) in [5.74, 6) is 0. The second-order valence-electron chi connectivity index (χ2n) is 7.46. The van der Waals surface area contributed by atoms with Crippen LogP contribution in [0.5, 0.6) is 0 Å². The van der Waals surface area contributed by atoms with Gasteiger partial charge in [0.2, 0.25) is 0 Å². The molecular weight excluding hydrogens is 296 g/mol. The van der Waals surface area contributed by atoms with Crippen LogP contribution in [0.2, 0.25) is 0 Å². The summed E-state index contributed by atoms with van der Waals surface area (Å²) in [5, 5.41) is 2.89. The van der Waals surface area contributed by atoms with Crippen molar-refractivity contribution in [3.63, 3.8) is 0 Å². The van der Waals surface area contributed by atoms with Crippen LogP contribution in [0.3, 0.4) is 0 Å². The molecule has 2 atom stereocenters. The summed E-state index contributed by atoms with van der Waals surface area (Å²) >= 11 is 0. The summed E-state index contributed by atoms with van der Waals surface area (Å²) < 4.78 is 10.8. The van der Waals surface area contributed by atoms with E-state index in [-0.39, 0.29) is 12.2 Å². The quantitative estimate of drug-likeness (QED) is 0.724. The second kappa shape index (κ2) is 5.42. The fraction of sp³-hybridized carbons (Fsp3) is 0.765. The van der Waals surface area contributed by atoms with Crippen molar-refractivity contribution in [2.75, 3.05) is 0 Å². The molecule has 2 rings (SSSR count). The van der Waals surface area contributed by atoms with E-state index in [0.29, 0.717) is 6.42 Å². The normalized spacial score (nSPS) is 29.8. The highest BCUT2D eigenvalue weighted by Crippen LogP contribution is 2.56. The molecule has 0 saturated carbocycles. The predicted molar refractivity (Wildman–Crippen MR) is 86.7 cm³/mol. The van der Waals surface area contributed by atoms with Gasteiger partial charge in [-0.1, -0.05) is 0 Å². The fourth-order valence-corrected chi connectivity index (χ4v) is 3.72. The van der Waals surface area contributed by atoms with E-state index < -0.39 is 23.3 Å². The Balaban J connectivity index is 2.48. The summed E-state index contributed by atoms with van der Waals surface area (Å²) in [4.78, 5) is 25.4. The monoisotopic (exact) mass is 324 g/mol. The molecule has 0 spiro atoms. The topological polar surface area (TPSA) is 59.1 Å². The maximum atomic E-state index is 12.7. The zero-order chi connectivity index (χ0) is 17.7. The van der Waals surface area contributed by atoms with Crippen LogP contribution in [0.4, 0.5) is 9.59 Å². The Morgan fingerprint density at radius 1 is 0.870 bits per heavy atom. The molecule has 1 heterocycles. The standard InChI is InChI=1S/C17H28N2O4/c1-10(2)22-14(20)18-16(7)9-17(8,13(6)12(16)5)19(18)15(21)23-11(3)4/h10-11H,9H2,1-8H3. The molecule has 6 nitrogen and oxygen atoms in total. The number of rotatable bonds is 2. The number of hydrazine groups is 1. The Morgan fingerprint density at radius 3 is 1.43 bits per heavy atom. The van der Waals surface area contributed by atoms with E-state index in [1.807, 2.05) is 27.7 Å². The van der Waals surface area contributed by atoms with Crippen molar-refractivity contribution in [3.05, 3.63) is 11.1 Å². The molecular formula is C17H28N2O4. The summed E-state index contributed by atoms with van der Waals surface area (Å²) in [6.45, 7) is 15.1. The molecule has 1 saturated heterocycles. The van der Waals surface area contributed by atoms with Gasteiger partial charge < -0.3 is 9.47 Å². The van der Waals surface area contributed by atoms with Crippen molar-refractivity contribution >= 4 is 12.2 Å². The van der Waals surface area contributed by atoms with Crippen LogP contribution >= 0.6 is 0 Å². The molecule has 1 aliphatic heterocycles. The second-order valence-corrected chi connectivity index (χ2v) is 7.46. The van der Waals surface area contributed by atoms with Crippen molar-refractivity contribution in [3.8, 4) is 0 Å². The third kappa shape index (κ3) is 2.48. The number of ether oxygens (including phenoxy) is 2. The first kappa shape index (κ1) is 17.6. The lowest BCUT2D eigenvalue weighted by Crippen LogP contribution is -2.61. The van der Waals surface area contributed by atoms with Gasteiger partial charge in [0.25, 0.3) is 0 Å². The molecule has 2 unspecified atom stereocenters. The lowest BCUT2D eigenvalue weighted by molar-refractivity contribution is -0.0659. The molecule has 130 valence electrons. The maximum Gasteiger partial charge on any atom is 0.430 e. The highest BCUT2D eigenvalue weighted by molar-refractivity contribution is 5.79. The van der Waals surface area contributed by atoms with Crippen LogP contribution in [0.1, 0.15) is 61.8 Å². The van der Waals surface area contributed by atoms with Gasteiger partial charge in [0.05, 0.1) is 23.3 Å². The molecule has 2 bridgehead atoms. The smallest absolute Gasteiger partial charge is 0.430 e. The van der Waals surface area contributed by atoms with E-state index in [9.17, 15) is 9.59 Å². The zero-order valence-corrected chi connectivity index (χ0v) is 15.4. The summed E-state index contributed by atoms with van der Waals surface area (Å²) in [5.41, 5.74) is 1.07. The molecule has 1 fully saturated rings. The highest BCUT2D eigenvalue weighted by Gasteiger charge is 2.66. The van der Waals surface area contributed by atoms with E-state index in [1.54, 1.807) is 27.7 Å². The average Bonchev–Trinajstić information content (AvgIpc) is 2.73. The Morgan fingerprint density at radius 2 is 1.17 bits per heavy atom. The molecule has 2 aliphatic rings. The Bertz CT molecular complexity index is 521. The van der Waals surface area contributed by atoms with Gasteiger partial charge in [-0.05, 0) is 66.5 Å². The Kier molecular flexibility index (Phi) is 4.16. The van der Waals surface area contributed by atoms with E-state index in [0.717, 1.165) is 11.1 Å². The first-order valence-electron chi connectivity index (χ1n) is 8.15.